The number of rotatable bonds is 3. The molecule has 1 heterocycles. The number of nitrogens with one attached hydrogen (secondary N) is 1. The average Bonchev–Trinajstić information content (AvgIpc) is 2.52. The maximum Gasteiger partial charge on any atom is 0.299 e. The fourth-order valence-corrected chi connectivity index (χ4v) is 2.56. The number of anilines is 1. The third kappa shape index (κ3) is 2.75. The molecule has 0 radical (unpaired) electrons. The molecule has 0 unspecified atom stereocenters. The molecule has 0 saturated carbocycles. The van der Waals surface area contributed by atoms with Crippen LogP contribution in [0.1, 0.15) is 42.3 Å². The SMILES string of the molecule is Cc1cc(C)c2c(c1)N(CCNC(C)(C)C)C(=O)C2=O. The van der Waals surface area contributed by atoms with Gasteiger partial charge in [0.15, 0.2) is 0 Å². The summed E-state index contributed by atoms with van der Waals surface area (Å²) < 4.78 is 0. The summed E-state index contributed by atoms with van der Waals surface area (Å²) in [5.74, 6) is -0.794. The third-order valence-corrected chi connectivity index (χ3v) is 3.41. The average molecular weight is 274 g/mol. The molecule has 1 aliphatic heterocycles. The quantitative estimate of drug-likeness (QED) is 0.860. The molecule has 0 aliphatic carbocycles. The van der Waals surface area contributed by atoms with E-state index in [1.54, 1.807) is 4.90 Å². The van der Waals surface area contributed by atoms with Gasteiger partial charge in [0.1, 0.15) is 0 Å². The van der Waals surface area contributed by atoms with Crippen molar-refractivity contribution in [3.63, 3.8) is 0 Å². The van der Waals surface area contributed by atoms with Gasteiger partial charge in [-0.15, -0.1) is 0 Å². The molecule has 1 aliphatic rings. The normalized spacial score (nSPS) is 14.9. The van der Waals surface area contributed by atoms with E-state index >= 15 is 0 Å². The Kier molecular flexibility index (Phi) is 3.69. The number of aryl methyl sites for hydroxylation is 2. The minimum Gasteiger partial charge on any atom is -0.310 e. The molecule has 0 aromatic heterocycles. The summed E-state index contributed by atoms with van der Waals surface area (Å²) in [5, 5.41) is 3.34. The third-order valence-electron chi connectivity index (χ3n) is 3.41. The van der Waals surface area contributed by atoms with Crippen LogP contribution in [-0.4, -0.2) is 30.3 Å². The fourth-order valence-electron chi connectivity index (χ4n) is 2.56. The van der Waals surface area contributed by atoms with Crippen LogP contribution in [0.15, 0.2) is 12.1 Å². The highest BCUT2D eigenvalue weighted by Gasteiger charge is 2.36. The second-order valence-electron chi connectivity index (χ2n) is 6.44. The Morgan fingerprint density at radius 2 is 1.80 bits per heavy atom. The Balaban J connectivity index is 2.25. The number of hydrogen-bond acceptors (Lipinski definition) is 3. The molecule has 1 N–H and O–H groups in total. The maximum atomic E-state index is 12.1. The molecule has 0 spiro atoms. The van der Waals surface area contributed by atoms with Crippen molar-refractivity contribution in [2.45, 2.75) is 40.2 Å². The molecule has 2 rings (SSSR count). The molecule has 0 saturated heterocycles. The van der Waals surface area contributed by atoms with Gasteiger partial charge in [0.05, 0.1) is 11.3 Å². The number of benzene rings is 1. The largest absolute Gasteiger partial charge is 0.310 e. The lowest BCUT2D eigenvalue weighted by atomic mass is 10.0. The molecule has 0 atom stereocenters. The first-order chi connectivity index (χ1) is 9.20. The van der Waals surface area contributed by atoms with Crippen molar-refractivity contribution in [3.05, 3.63) is 28.8 Å². The number of amides is 1. The van der Waals surface area contributed by atoms with Crippen molar-refractivity contribution in [2.24, 2.45) is 0 Å². The second-order valence-corrected chi connectivity index (χ2v) is 6.44. The molecule has 0 bridgehead atoms. The summed E-state index contributed by atoms with van der Waals surface area (Å²) >= 11 is 0. The number of fused-ring (bicyclic) bond motifs is 1. The van der Waals surface area contributed by atoms with Crippen molar-refractivity contribution < 1.29 is 9.59 Å². The molecule has 1 amide bonds. The molecule has 0 fully saturated rings. The van der Waals surface area contributed by atoms with E-state index in [2.05, 4.69) is 26.1 Å². The smallest absolute Gasteiger partial charge is 0.299 e. The molecule has 20 heavy (non-hydrogen) atoms. The van der Waals surface area contributed by atoms with E-state index in [-0.39, 0.29) is 11.3 Å². The fraction of sp³-hybridized carbons (Fsp3) is 0.500. The number of carbonyl (C=O) groups is 2. The van der Waals surface area contributed by atoms with Crippen molar-refractivity contribution >= 4 is 17.4 Å². The van der Waals surface area contributed by atoms with Crippen LogP contribution >= 0.6 is 0 Å². The number of carbonyl (C=O) groups excluding carboxylic acids is 2. The first-order valence-corrected chi connectivity index (χ1v) is 6.93. The van der Waals surface area contributed by atoms with E-state index in [1.165, 1.54) is 0 Å². The summed E-state index contributed by atoms with van der Waals surface area (Å²) in [6, 6.07) is 3.86. The first-order valence-electron chi connectivity index (χ1n) is 6.93. The van der Waals surface area contributed by atoms with Crippen molar-refractivity contribution in [1.82, 2.24) is 5.32 Å². The van der Waals surface area contributed by atoms with Crippen LogP contribution < -0.4 is 10.2 Å². The molecular weight excluding hydrogens is 252 g/mol. The lowest BCUT2D eigenvalue weighted by molar-refractivity contribution is -0.114. The van der Waals surface area contributed by atoms with Gasteiger partial charge in [0.25, 0.3) is 11.7 Å². The van der Waals surface area contributed by atoms with E-state index in [0.29, 0.717) is 18.7 Å². The number of nitrogens with zero attached hydrogens (tertiary/aromatic N) is 1. The Bertz CT molecular complexity index is 571. The second kappa shape index (κ2) is 5.02. The van der Waals surface area contributed by atoms with E-state index in [4.69, 9.17) is 0 Å². The summed E-state index contributed by atoms with van der Waals surface area (Å²) in [6.45, 7) is 11.3. The molecule has 1 aromatic rings. The Hall–Kier alpha value is -1.68. The lowest BCUT2D eigenvalue weighted by Gasteiger charge is -2.23. The topological polar surface area (TPSA) is 49.4 Å². The Morgan fingerprint density at radius 1 is 1.15 bits per heavy atom. The zero-order chi connectivity index (χ0) is 15.1. The van der Waals surface area contributed by atoms with Crippen LogP contribution in [0.2, 0.25) is 0 Å². The standard InChI is InChI=1S/C16H22N2O2/c1-10-8-11(2)13-12(9-10)18(15(20)14(13)19)7-6-17-16(3,4)5/h8-9,17H,6-7H2,1-5H3. The number of Topliss-reactive ketones (excluding diaryl/α,β-unsaturated/α-hetero) is 1. The van der Waals surface area contributed by atoms with E-state index < -0.39 is 5.91 Å². The van der Waals surface area contributed by atoms with Crippen LogP contribution in [0.4, 0.5) is 5.69 Å². The lowest BCUT2D eigenvalue weighted by Crippen LogP contribution is -2.42. The molecule has 1 aromatic carbocycles. The summed E-state index contributed by atoms with van der Waals surface area (Å²) in [4.78, 5) is 25.8. The zero-order valence-electron chi connectivity index (χ0n) is 12.8. The van der Waals surface area contributed by atoms with Gasteiger partial charge in [0, 0.05) is 18.6 Å². The number of hydrogen-bond donors (Lipinski definition) is 1. The predicted molar refractivity (Wildman–Crippen MR) is 80.4 cm³/mol. The van der Waals surface area contributed by atoms with E-state index in [9.17, 15) is 9.59 Å². The predicted octanol–water partition coefficient (Wildman–Crippen LogP) is 2.22. The Morgan fingerprint density at radius 3 is 2.40 bits per heavy atom. The van der Waals surface area contributed by atoms with Gasteiger partial charge < -0.3 is 10.2 Å². The summed E-state index contributed by atoms with van der Waals surface area (Å²) in [6.07, 6.45) is 0. The molecule has 4 nitrogen and oxygen atoms in total. The van der Waals surface area contributed by atoms with Gasteiger partial charge in [-0.2, -0.15) is 0 Å². The van der Waals surface area contributed by atoms with Crippen LogP contribution in [-0.2, 0) is 4.79 Å². The van der Waals surface area contributed by atoms with Crippen LogP contribution in [0.3, 0.4) is 0 Å². The molecule has 4 heteroatoms. The first kappa shape index (κ1) is 14.7. The minimum atomic E-state index is -0.413. The Labute approximate surface area is 120 Å². The highest BCUT2D eigenvalue weighted by atomic mass is 16.2. The van der Waals surface area contributed by atoms with Crippen LogP contribution in [0, 0.1) is 13.8 Å². The van der Waals surface area contributed by atoms with Gasteiger partial charge >= 0.3 is 0 Å². The van der Waals surface area contributed by atoms with Gasteiger partial charge in [-0.05, 0) is 51.8 Å². The van der Waals surface area contributed by atoms with Gasteiger partial charge in [-0.25, -0.2) is 0 Å². The zero-order valence-corrected chi connectivity index (χ0v) is 12.8. The minimum absolute atomic E-state index is 0.00185. The number of ketones is 1. The van der Waals surface area contributed by atoms with Crippen LogP contribution in [0.25, 0.3) is 0 Å². The summed E-state index contributed by atoms with van der Waals surface area (Å²) in [7, 11) is 0. The van der Waals surface area contributed by atoms with Gasteiger partial charge in [0.2, 0.25) is 0 Å². The monoisotopic (exact) mass is 274 g/mol. The summed E-state index contributed by atoms with van der Waals surface area (Å²) in [5.41, 5.74) is 3.27. The van der Waals surface area contributed by atoms with E-state index in [1.807, 2.05) is 26.0 Å². The van der Waals surface area contributed by atoms with Gasteiger partial charge in [-0.1, -0.05) is 6.07 Å². The van der Waals surface area contributed by atoms with E-state index in [0.717, 1.165) is 16.8 Å². The van der Waals surface area contributed by atoms with Crippen molar-refractivity contribution in [3.8, 4) is 0 Å². The van der Waals surface area contributed by atoms with Crippen molar-refractivity contribution in [1.29, 1.82) is 0 Å². The highest BCUT2D eigenvalue weighted by molar-refractivity contribution is 6.52. The maximum absolute atomic E-state index is 12.1. The highest BCUT2D eigenvalue weighted by Crippen LogP contribution is 2.32. The molecule has 108 valence electrons. The molecular formula is C16H22N2O2. The van der Waals surface area contributed by atoms with Crippen molar-refractivity contribution in [2.75, 3.05) is 18.0 Å². The van der Waals surface area contributed by atoms with Gasteiger partial charge in [-0.3, -0.25) is 9.59 Å². The van der Waals surface area contributed by atoms with Crippen LogP contribution in [0.5, 0.6) is 0 Å².